The van der Waals surface area contributed by atoms with Crippen molar-refractivity contribution >= 4 is 37.7 Å². The topological polar surface area (TPSA) is 16.1 Å². The highest BCUT2D eigenvalue weighted by molar-refractivity contribution is 9.11. The third kappa shape index (κ3) is 3.09. The number of rotatable bonds is 3. The van der Waals surface area contributed by atoms with Crippen molar-refractivity contribution in [3.05, 3.63) is 56.9 Å². The monoisotopic (exact) mass is 372 g/mol. The van der Waals surface area contributed by atoms with E-state index in [1.165, 1.54) is 6.07 Å². The zero-order valence-electron chi connectivity index (χ0n) is 9.70. The van der Waals surface area contributed by atoms with E-state index in [1.54, 1.807) is 18.3 Å². The van der Waals surface area contributed by atoms with Gasteiger partial charge in [0.25, 0.3) is 0 Å². The molecule has 0 N–H and O–H groups in total. The molecule has 0 saturated carbocycles. The highest BCUT2D eigenvalue weighted by Gasteiger charge is 2.10. The first-order chi connectivity index (χ1) is 8.58. The molecule has 5 heteroatoms. The maximum Gasteiger partial charge on any atom is 0.142 e. The Kier molecular flexibility index (Phi) is 4.35. The molecule has 0 spiro atoms. The molecule has 0 aliphatic rings. The minimum Gasteiger partial charge on any atom is -0.354 e. The molecule has 0 radical (unpaired) electrons. The van der Waals surface area contributed by atoms with Gasteiger partial charge in [0.05, 0.1) is 4.47 Å². The number of nitrogens with zero attached hydrogens (tertiary/aromatic N) is 2. The van der Waals surface area contributed by atoms with Gasteiger partial charge in [0.2, 0.25) is 0 Å². The number of hydrogen-bond acceptors (Lipinski definition) is 2. The summed E-state index contributed by atoms with van der Waals surface area (Å²) in [7, 11) is 1.88. The average molecular weight is 374 g/mol. The maximum atomic E-state index is 13.6. The quantitative estimate of drug-likeness (QED) is 0.793. The van der Waals surface area contributed by atoms with E-state index in [2.05, 4.69) is 36.8 Å². The molecule has 1 aromatic heterocycles. The summed E-state index contributed by atoms with van der Waals surface area (Å²) < 4.78 is 15.3. The second kappa shape index (κ2) is 5.80. The van der Waals surface area contributed by atoms with Crippen LogP contribution < -0.4 is 4.90 Å². The van der Waals surface area contributed by atoms with Gasteiger partial charge < -0.3 is 4.90 Å². The first-order valence-corrected chi connectivity index (χ1v) is 6.92. The molecular weight excluding hydrogens is 363 g/mol. The van der Waals surface area contributed by atoms with E-state index in [0.717, 1.165) is 14.8 Å². The smallest absolute Gasteiger partial charge is 0.142 e. The predicted octanol–water partition coefficient (Wildman–Crippen LogP) is 4.38. The molecule has 0 aliphatic carbocycles. The fraction of sp³-hybridized carbons (Fsp3) is 0.154. The lowest BCUT2D eigenvalue weighted by molar-refractivity contribution is 0.607. The number of aromatic nitrogens is 1. The summed E-state index contributed by atoms with van der Waals surface area (Å²) >= 11 is 6.80. The SMILES string of the molecule is CN(Cc1ccccc1F)c1ncc(Br)cc1Br. The van der Waals surface area contributed by atoms with Crippen LogP contribution in [0.1, 0.15) is 5.56 Å². The van der Waals surface area contributed by atoms with Gasteiger partial charge in [0.1, 0.15) is 11.6 Å². The molecular formula is C13H11Br2FN2. The second-order valence-electron chi connectivity index (χ2n) is 3.91. The van der Waals surface area contributed by atoms with Crippen molar-refractivity contribution in [2.75, 3.05) is 11.9 Å². The Balaban J connectivity index is 2.22. The van der Waals surface area contributed by atoms with Crippen molar-refractivity contribution in [2.24, 2.45) is 0 Å². The zero-order valence-corrected chi connectivity index (χ0v) is 12.9. The molecule has 0 unspecified atom stereocenters. The van der Waals surface area contributed by atoms with Crippen LogP contribution in [0.15, 0.2) is 45.5 Å². The molecule has 18 heavy (non-hydrogen) atoms. The molecule has 2 rings (SSSR count). The largest absolute Gasteiger partial charge is 0.354 e. The van der Waals surface area contributed by atoms with Crippen LogP contribution in [0, 0.1) is 5.82 Å². The number of benzene rings is 1. The Morgan fingerprint density at radius 1 is 1.28 bits per heavy atom. The summed E-state index contributed by atoms with van der Waals surface area (Å²) in [5, 5.41) is 0. The molecule has 1 heterocycles. The molecule has 2 aromatic rings. The van der Waals surface area contributed by atoms with Crippen molar-refractivity contribution in [1.82, 2.24) is 4.98 Å². The van der Waals surface area contributed by atoms with Crippen LogP contribution in [-0.2, 0) is 6.54 Å². The van der Waals surface area contributed by atoms with E-state index in [-0.39, 0.29) is 5.82 Å². The summed E-state index contributed by atoms with van der Waals surface area (Å²) in [6, 6.07) is 8.68. The van der Waals surface area contributed by atoms with Gasteiger partial charge in [-0.2, -0.15) is 0 Å². The van der Waals surface area contributed by atoms with Crippen molar-refractivity contribution in [1.29, 1.82) is 0 Å². The molecule has 0 fully saturated rings. The Labute approximate surface area is 122 Å². The van der Waals surface area contributed by atoms with Gasteiger partial charge in [-0.15, -0.1) is 0 Å². The van der Waals surface area contributed by atoms with Crippen LogP contribution in [-0.4, -0.2) is 12.0 Å². The summed E-state index contributed by atoms with van der Waals surface area (Å²) in [4.78, 5) is 6.21. The first kappa shape index (κ1) is 13.5. The lowest BCUT2D eigenvalue weighted by Gasteiger charge is -2.19. The van der Waals surface area contributed by atoms with Crippen LogP contribution in [0.4, 0.5) is 10.2 Å². The summed E-state index contributed by atoms with van der Waals surface area (Å²) in [5.41, 5.74) is 0.650. The van der Waals surface area contributed by atoms with Crippen LogP contribution in [0.3, 0.4) is 0 Å². The molecule has 1 aromatic carbocycles. The van der Waals surface area contributed by atoms with Gasteiger partial charge >= 0.3 is 0 Å². The highest BCUT2D eigenvalue weighted by Crippen LogP contribution is 2.27. The van der Waals surface area contributed by atoms with E-state index < -0.39 is 0 Å². The summed E-state index contributed by atoms with van der Waals surface area (Å²) in [5.74, 6) is 0.582. The third-order valence-corrected chi connectivity index (χ3v) is 3.53. The standard InChI is InChI=1S/C13H11Br2FN2/c1-18(8-9-4-2-3-5-12(9)16)13-11(15)6-10(14)7-17-13/h2-7H,8H2,1H3. The fourth-order valence-corrected chi connectivity index (χ4v) is 2.94. The minimum absolute atomic E-state index is 0.197. The van der Waals surface area contributed by atoms with Crippen LogP contribution >= 0.6 is 31.9 Å². The van der Waals surface area contributed by atoms with Crippen molar-refractivity contribution in [3.63, 3.8) is 0 Å². The molecule has 0 atom stereocenters. The predicted molar refractivity (Wildman–Crippen MR) is 78.1 cm³/mol. The van der Waals surface area contributed by atoms with Crippen LogP contribution in [0.25, 0.3) is 0 Å². The third-order valence-electron chi connectivity index (χ3n) is 2.52. The van der Waals surface area contributed by atoms with Crippen molar-refractivity contribution in [3.8, 4) is 0 Å². The number of anilines is 1. The number of halogens is 3. The lowest BCUT2D eigenvalue weighted by atomic mass is 10.2. The molecule has 94 valence electrons. The van der Waals surface area contributed by atoms with E-state index in [1.807, 2.05) is 24.1 Å². The van der Waals surface area contributed by atoms with Gasteiger partial charge in [-0.05, 0) is 44.0 Å². The molecule has 2 nitrogen and oxygen atoms in total. The zero-order chi connectivity index (χ0) is 13.1. The van der Waals surface area contributed by atoms with Crippen LogP contribution in [0.5, 0.6) is 0 Å². The minimum atomic E-state index is -0.197. The van der Waals surface area contributed by atoms with Gasteiger partial charge in [-0.1, -0.05) is 18.2 Å². The average Bonchev–Trinajstić information content (AvgIpc) is 2.32. The van der Waals surface area contributed by atoms with Gasteiger partial charge in [-0.25, -0.2) is 9.37 Å². The molecule has 0 amide bonds. The number of hydrogen-bond donors (Lipinski definition) is 0. The van der Waals surface area contributed by atoms with E-state index in [9.17, 15) is 4.39 Å². The summed E-state index contributed by atoms with van der Waals surface area (Å²) in [6.07, 6.45) is 1.72. The first-order valence-electron chi connectivity index (χ1n) is 5.33. The number of pyridine rings is 1. The summed E-state index contributed by atoms with van der Waals surface area (Å²) in [6.45, 7) is 0.472. The molecule has 0 bridgehead atoms. The normalized spacial score (nSPS) is 10.4. The van der Waals surface area contributed by atoms with Crippen molar-refractivity contribution in [2.45, 2.75) is 6.54 Å². The van der Waals surface area contributed by atoms with Crippen molar-refractivity contribution < 1.29 is 4.39 Å². The maximum absolute atomic E-state index is 13.6. The fourth-order valence-electron chi connectivity index (χ4n) is 1.65. The molecule has 0 saturated heterocycles. The van der Waals surface area contributed by atoms with Gasteiger partial charge in [0, 0.05) is 29.8 Å². The Bertz CT molecular complexity index is 560. The Morgan fingerprint density at radius 3 is 2.67 bits per heavy atom. The van der Waals surface area contributed by atoms with E-state index in [4.69, 9.17) is 0 Å². The Morgan fingerprint density at radius 2 is 2.00 bits per heavy atom. The van der Waals surface area contributed by atoms with Crippen LogP contribution in [0.2, 0.25) is 0 Å². The second-order valence-corrected chi connectivity index (χ2v) is 5.68. The van der Waals surface area contributed by atoms with E-state index >= 15 is 0 Å². The lowest BCUT2D eigenvalue weighted by Crippen LogP contribution is -2.18. The highest BCUT2D eigenvalue weighted by atomic mass is 79.9. The molecule has 0 aliphatic heterocycles. The van der Waals surface area contributed by atoms with E-state index in [0.29, 0.717) is 12.1 Å². The van der Waals surface area contributed by atoms with Gasteiger partial charge in [0.15, 0.2) is 0 Å². The van der Waals surface area contributed by atoms with Gasteiger partial charge in [-0.3, -0.25) is 0 Å². The Hall–Kier alpha value is -0.940.